The van der Waals surface area contributed by atoms with E-state index in [0.717, 1.165) is 18.5 Å². The first kappa shape index (κ1) is 15.6. The van der Waals surface area contributed by atoms with Gasteiger partial charge in [-0.2, -0.15) is 0 Å². The maximum absolute atomic E-state index is 11.9. The van der Waals surface area contributed by atoms with Crippen LogP contribution in [0.15, 0.2) is 36.4 Å². The third kappa shape index (κ3) is 4.56. The first-order valence-electron chi connectivity index (χ1n) is 7.44. The molecule has 0 bridgehead atoms. The molecule has 1 heterocycles. The zero-order valence-corrected chi connectivity index (χ0v) is 13.4. The van der Waals surface area contributed by atoms with Crippen molar-refractivity contribution in [1.82, 2.24) is 15.5 Å². The smallest absolute Gasteiger partial charge is 0.242 e. The number of ether oxygens (including phenoxy) is 1. The fourth-order valence-corrected chi connectivity index (χ4v) is 2.07. The number of anilines is 1. The topological polar surface area (TPSA) is 76.1 Å². The van der Waals surface area contributed by atoms with Crippen molar-refractivity contribution in [2.75, 3.05) is 5.32 Å². The fourth-order valence-electron chi connectivity index (χ4n) is 1.97. The van der Waals surface area contributed by atoms with Gasteiger partial charge in [0.25, 0.3) is 0 Å². The lowest BCUT2D eigenvalue weighted by atomic mass is 10.2. The number of hydrogen-bond donors (Lipinski definition) is 2. The fraction of sp³-hybridized carbons (Fsp3) is 0.312. The van der Waals surface area contributed by atoms with Crippen LogP contribution >= 0.6 is 11.6 Å². The number of aromatic nitrogens is 2. The number of amides is 1. The summed E-state index contributed by atoms with van der Waals surface area (Å²) in [5.74, 6) is 1.01. The van der Waals surface area contributed by atoms with Gasteiger partial charge in [0.2, 0.25) is 11.8 Å². The number of benzene rings is 1. The van der Waals surface area contributed by atoms with E-state index in [2.05, 4.69) is 20.8 Å². The van der Waals surface area contributed by atoms with Crippen molar-refractivity contribution in [3.8, 4) is 11.6 Å². The average Bonchev–Trinajstić information content (AvgIpc) is 3.35. The van der Waals surface area contributed by atoms with Crippen molar-refractivity contribution in [2.45, 2.75) is 31.8 Å². The zero-order valence-electron chi connectivity index (χ0n) is 12.6. The first-order valence-corrected chi connectivity index (χ1v) is 7.82. The van der Waals surface area contributed by atoms with E-state index in [-0.39, 0.29) is 11.9 Å². The molecule has 1 aromatic heterocycles. The van der Waals surface area contributed by atoms with E-state index < -0.39 is 0 Å². The molecule has 2 N–H and O–H groups in total. The number of rotatable bonds is 6. The second kappa shape index (κ2) is 6.83. The third-order valence-corrected chi connectivity index (χ3v) is 3.59. The number of halogens is 1. The van der Waals surface area contributed by atoms with E-state index in [9.17, 15) is 4.79 Å². The number of nitrogens with zero attached hydrogens (tertiary/aromatic N) is 2. The molecule has 1 aromatic carbocycles. The van der Waals surface area contributed by atoms with Crippen LogP contribution in [0.3, 0.4) is 0 Å². The van der Waals surface area contributed by atoms with Crippen molar-refractivity contribution in [3.05, 3.63) is 41.6 Å². The second-order valence-corrected chi connectivity index (χ2v) is 5.86. The van der Waals surface area contributed by atoms with Gasteiger partial charge in [0.05, 0.1) is 0 Å². The van der Waals surface area contributed by atoms with Gasteiger partial charge in [0.15, 0.2) is 5.15 Å². The molecule has 6 nitrogen and oxygen atoms in total. The van der Waals surface area contributed by atoms with E-state index in [1.165, 1.54) is 0 Å². The van der Waals surface area contributed by atoms with Crippen LogP contribution in [0.4, 0.5) is 5.69 Å². The van der Waals surface area contributed by atoms with E-state index in [1.54, 1.807) is 24.3 Å². The Morgan fingerprint density at radius 3 is 2.57 bits per heavy atom. The lowest BCUT2D eigenvalue weighted by Crippen LogP contribution is -2.38. The van der Waals surface area contributed by atoms with Crippen molar-refractivity contribution in [2.24, 2.45) is 0 Å². The second-order valence-electron chi connectivity index (χ2n) is 5.47. The van der Waals surface area contributed by atoms with Gasteiger partial charge >= 0.3 is 0 Å². The molecule has 0 saturated heterocycles. The van der Waals surface area contributed by atoms with E-state index in [4.69, 9.17) is 16.3 Å². The van der Waals surface area contributed by atoms with Gasteiger partial charge in [-0.1, -0.05) is 11.6 Å². The quantitative estimate of drug-likeness (QED) is 0.850. The summed E-state index contributed by atoms with van der Waals surface area (Å²) in [7, 11) is 0. The van der Waals surface area contributed by atoms with Gasteiger partial charge in [-0.15, -0.1) is 10.2 Å². The summed E-state index contributed by atoms with van der Waals surface area (Å²) in [5, 5.41) is 14.0. The van der Waals surface area contributed by atoms with Crippen LogP contribution in [0.2, 0.25) is 5.15 Å². The van der Waals surface area contributed by atoms with Crippen molar-refractivity contribution >= 4 is 23.2 Å². The summed E-state index contributed by atoms with van der Waals surface area (Å²) in [5.41, 5.74) is 0.845. The Labute approximate surface area is 139 Å². The maximum Gasteiger partial charge on any atom is 0.242 e. The zero-order chi connectivity index (χ0) is 16.2. The molecular formula is C16H17ClN4O2. The van der Waals surface area contributed by atoms with Crippen molar-refractivity contribution in [1.29, 1.82) is 0 Å². The number of carbonyl (C=O) groups is 1. The molecule has 0 spiro atoms. The van der Waals surface area contributed by atoms with E-state index in [0.29, 0.717) is 22.8 Å². The largest absolute Gasteiger partial charge is 0.438 e. The van der Waals surface area contributed by atoms with Crippen LogP contribution in [-0.2, 0) is 4.79 Å². The lowest BCUT2D eigenvalue weighted by Gasteiger charge is -2.15. The summed E-state index contributed by atoms with van der Waals surface area (Å²) in [6.45, 7) is 1.84. The van der Waals surface area contributed by atoms with Crippen LogP contribution in [0.25, 0.3) is 0 Å². The Hall–Kier alpha value is -2.34. The Morgan fingerprint density at radius 2 is 1.96 bits per heavy atom. The number of nitrogens with one attached hydrogen (secondary N) is 2. The predicted octanol–water partition coefficient (Wildman–Crippen LogP) is 3.00. The normalized spacial score (nSPS) is 14.9. The summed E-state index contributed by atoms with van der Waals surface area (Å²) < 4.78 is 5.56. The Bertz CT molecular complexity index is 671. The van der Waals surface area contributed by atoms with Crippen LogP contribution in [-0.4, -0.2) is 28.2 Å². The van der Waals surface area contributed by atoms with Crippen LogP contribution in [0, 0.1) is 0 Å². The van der Waals surface area contributed by atoms with Crippen molar-refractivity contribution in [3.63, 3.8) is 0 Å². The molecule has 1 fully saturated rings. The predicted molar refractivity (Wildman–Crippen MR) is 87.8 cm³/mol. The standard InChI is InChI=1S/C16H17ClN4O2/c1-10(16(22)19-12-2-3-12)18-11-4-6-13(7-5-11)23-15-9-8-14(17)20-21-15/h4-10,12,18H,2-3H2,1H3,(H,19,22)/t10-/m0/s1. The highest BCUT2D eigenvalue weighted by atomic mass is 35.5. The molecule has 0 unspecified atom stereocenters. The molecule has 3 rings (SSSR count). The van der Waals surface area contributed by atoms with Crippen molar-refractivity contribution < 1.29 is 9.53 Å². The van der Waals surface area contributed by atoms with Gasteiger partial charge in [-0.3, -0.25) is 4.79 Å². The molecule has 1 aliphatic carbocycles. The molecule has 0 radical (unpaired) electrons. The molecule has 1 atom stereocenters. The lowest BCUT2D eigenvalue weighted by molar-refractivity contribution is -0.121. The minimum atomic E-state index is -0.287. The summed E-state index contributed by atoms with van der Waals surface area (Å²) >= 11 is 5.67. The third-order valence-electron chi connectivity index (χ3n) is 3.38. The average molecular weight is 333 g/mol. The molecule has 1 aliphatic rings. The molecule has 1 amide bonds. The number of carbonyl (C=O) groups excluding carboxylic acids is 1. The highest BCUT2D eigenvalue weighted by molar-refractivity contribution is 6.29. The molecule has 1 saturated carbocycles. The van der Waals surface area contributed by atoms with Crippen LogP contribution in [0.1, 0.15) is 19.8 Å². The van der Waals surface area contributed by atoms with Gasteiger partial charge in [-0.05, 0) is 50.1 Å². The van der Waals surface area contributed by atoms with Crippen LogP contribution < -0.4 is 15.4 Å². The minimum absolute atomic E-state index is 0.0178. The Kier molecular flexibility index (Phi) is 4.62. The highest BCUT2D eigenvalue weighted by Gasteiger charge is 2.25. The van der Waals surface area contributed by atoms with E-state index >= 15 is 0 Å². The summed E-state index contributed by atoms with van der Waals surface area (Å²) in [6.07, 6.45) is 2.16. The SMILES string of the molecule is C[C@H](Nc1ccc(Oc2ccc(Cl)nn2)cc1)C(=O)NC1CC1. The Morgan fingerprint density at radius 1 is 1.22 bits per heavy atom. The van der Waals surface area contributed by atoms with Gasteiger partial charge < -0.3 is 15.4 Å². The molecule has 120 valence electrons. The summed E-state index contributed by atoms with van der Waals surface area (Å²) in [6, 6.07) is 10.6. The monoisotopic (exact) mass is 332 g/mol. The maximum atomic E-state index is 11.9. The molecule has 7 heteroatoms. The molecule has 2 aromatic rings. The number of hydrogen-bond acceptors (Lipinski definition) is 5. The first-order chi connectivity index (χ1) is 11.1. The van der Waals surface area contributed by atoms with Gasteiger partial charge in [0, 0.05) is 17.8 Å². The van der Waals surface area contributed by atoms with Gasteiger partial charge in [-0.25, -0.2) is 0 Å². The Balaban J connectivity index is 1.55. The minimum Gasteiger partial charge on any atom is -0.438 e. The van der Waals surface area contributed by atoms with Gasteiger partial charge in [0.1, 0.15) is 11.8 Å². The molecule has 0 aliphatic heterocycles. The van der Waals surface area contributed by atoms with Crippen LogP contribution in [0.5, 0.6) is 11.6 Å². The highest BCUT2D eigenvalue weighted by Crippen LogP contribution is 2.22. The summed E-state index contributed by atoms with van der Waals surface area (Å²) in [4.78, 5) is 11.9. The van der Waals surface area contributed by atoms with E-state index in [1.807, 2.05) is 19.1 Å². The molecule has 23 heavy (non-hydrogen) atoms. The molecular weight excluding hydrogens is 316 g/mol.